The molecule has 1 unspecified atom stereocenters. The fraction of sp³-hybridized carbons (Fsp3) is 0.200. The quantitative estimate of drug-likeness (QED) is 0.684. The van der Waals surface area contributed by atoms with Gasteiger partial charge >= 0.3 is 0 Å². The van der Waals surface area contributed by atoms with Crippen molar-refractivity contribution in [2.24, 2.45) is 0 Å². The van der Waals surface area contributed by atoms with E-state index in [1.165, 1.54) is 21.9 Å². The first-order valence-corrected chi connectivity index (χ1v) is 7.63. The standard InChI is InChI=1S/C20H21N/c1-2-20(18-9-4-3-5-10-18)21-15-16-12-13-17-8-6-7-11-19(17)14-16/h3-14,20-21H,2,15H2,1H3. The van der Waals surface area contributed by atoms with E-state index in [1.54, 1.807) is 0 Å². The van der Waals surface area contributed by atoms with Gasteiger partial charge in [0.15, 0.2) is 0 Å². The lowest BCUT2D eigenvalue weighted by molar-refractivity contribution is 0.519. The van der Waals surface area contributed by atoms with Gasteiger partial charge in [-0.1, -0.05) is 73.7 Å². The molecule has 1 heteroatoms. The highest BCUT2D eigenvalue weighted by molar-refractivity contribution is 5.82. The van der Waals surface area contributed by atoms with Gasteiger partial charge in [0.25, 0.3) is 0 Å². The Balaban J connectivity index is 1.73. The van der Waals surface area contributed by atoms with Gasteiger partial charge in [-0.15, -0.1) is 0 Å². The van der Waals surface area contributed by atoms with E-state index < -0.39 is 0 Å². The van der Waals surface area contributed by atoms with Crippen LogP contribution in [-0.4, -0.2) is 0 Å². The second-order valence-corrected chi connectivity index (χ2v) is 5.43. The fourth-order valence-electron chi connectivity index (χ4n) is 2.77. The number of benzene rings is 3. The maximum absolute atomic E-state index is 3.67. The highest BCUT2D eigenvalue weighted by Gasteiger charge is 2.07. The molecule has 0 aliphatic carbocycles. The van der Waals surface area contributed by atoms with Gasteiger partial charge in [0.2, 0.25) is 0 Å². The topological polar surface area (TPSA) is 12.0 Å². The number of rotatable bonds is 5. The van der Waals surface area contributed by atoms with Crippen molar-refractivity contribution in [2.45, 2.75) is 25.9 Å². The number of fused-ring (bicyclic) bond motifs is 1. The van der Waals surface area contributed by atoms with E-state index in [4.69, 9.17) is 0 Å². The van der Waals surface area contributed by atoms with E-state index in [2.05, 4.69) is 85.0 Å². The first kappa shape index (κ1) is 13.8. The molecule has 0 aliphatic heterocycles. The lowest BCUT2D eigenvalue weighted by Crippen LogP contribution is -2.20. The summed E-state index contributed by atoms with van der Waals surface area (Å²) in [5, 5.41) is 6.28. The molecule has 3 rings (SSSR count). The number of nitrogens with one attached hydrogen (secondary N) is 1. The Morgan fingerprint density at radius 2 is 1.52 bits per heavy atom. The van der Waals surface area contributed by atoms with Crippen LogP contribution in [0.15, 0.2) is 72.8 Å². The van der Waals surface area contributed by atoms with Crippen LogP contribution < -0.4 is 5.32 Å². The molecular formula is C20H21N. The van der Waals surface area contributed by atoms with Crippen molar-refractivity contribution in [2.75, 3.05) is 0 Å². The Morgan fingerprint density at radius 1 is 0.810 bits per heavy atom. The Bertz CT molecular complexity index is 703. The van der Waals surface area contributed by atoms with Crippen LogP contribution in [0.3, 0.4) is 0 Å². The van der Waals surface area contributed by atoms with Gasteiger partial charge < -0.3 is 5.32 Å². The molecule has 0 bridgehead atoms. The van der Waals surface area contributed by atoms with Crippen molar-refractivity contribution in [3.63, 3.8) is 0 Å². The summed E-state index contributed by atoms with van der Waals surface area (Å²) >= 11 is 0. The first-order chi connectivity index (χ1) is 10.4. The second-order valence-electron chi connectivity index (χ2n) is 5.43. The van der Waals surface area contributed by atoms with E-state index in [-0.39, 0.29) is 0 Å². The highest BCUT2D eigenvalue weighted by Crippen LogP contribution is 2.19. The number of hydrogen-bond donors (Lipinski definition) is 1. The van der Waals surface area contributed by atoms with Gasteiger partial charge in [0, 0.05) is 12.6 Å². The average Bonchev–Trinajstić information content (AvgIpc) is 2.56. The monoisotopic (exact) mass is 275 g/mol. The smallest absolute Gasteiger partial charge is 0.0320 e. The van der Waals surface area contributed by atoms with Crippen LogP contribution in [0.25, 0.3) is 10.8 Å². The van der Waals surface area contributed by atoms with Gasteiger partial charge in [-0.2, -0.15) is 0 Å². The molecular weight excluding hydrogens is 254 g/mol. The van der Waals surface area contributed by atoms with E-state index in [1.807, 2.05) is 0 Å². The van der Waals surface area contributed by atoms with Gasteiger partial charge in [-0.25, -0.2) is 0 Å². The third kappa shape index (κ3) is 3.32. The molecule has 1 N–H and O–H groups in total. The van der Waals surface area contributed by atoms with Crippen molar-refractivity contribution in [3.8, 4) is 0 Å². The minimum Gasteiger partial charge on any atom is -0.306 e. The maximum atomic E-state index is 3.67. The third-order valence-electron chi connectivity index (χ3n) is 3.98. The van der Waals surface area contributed by atoms with E-state index in [9.17, 15) is 0 Å². The maximum Gasteiger partial charge on any atom is 0.0320 e. The minimum atomic E-state index is 0.415. The predicted molar refractivity (Wildman–Crippen MR) is 90.3 cm³/mol. The Kier molecular flexibility index (Phi) is 4.32. The highest BCUT2D eigenvalue weighted by atomic mass is 14.9. The molecule has 21 heavy (non-hydrogen) atoms. The molecule has 3 aromatic rings. The van der Waals surface area contributed by atoms with Crippen molar-refractivity contribution in [1.29, 1.82) is 0 Å². The molecule has 0 spiro atoms. The Hall–Kier alpha value is -2.12. The summed E-state index contributed by atoms with van der Waals surface area (Å²) in [6, 6.07) is 26.3. The van der Waals surface area contributed by atoms with Crippen LogP contribution in [0, 0.1) is 0 Å². The first-order valence-electron chi connectivity index (χ1n) is 7.63. The molecule has 1 nitrogen and oxygen atoms in total. The van der Waals surface area contributed by atoms with Crippen molar-refractivity contribution < 1.29 is 0 Å². The molecule has 0 fully saturated rings. The Morgan fingerprint density at radius 3 is 2.29 bits per heavy atom. The largest absolute Gasteiger partial charge is 0.306 e. The van der Waals surface area contributed by atoms with Crippen LogP contribution >= 0.6 is 0 Å². The zero-order valence-corrected chi connectivity index (χ0v) is 12.4. The van der Waals surface area contributed by atoms with Crippen molar-refractivity contribution >= 4 is 10.8 Å². The van der Waals surface area contributed by atoms with Crippen LogP contribution in [0.4, 0.5) is 0 Å². The molecule has 106 valence electrons. The second kappa shape index (κ2) is 6.55. The van der Waals surface area contributed by atoms with E-state index in [0.29, 0.717) is 6.04 Å². The van der Waals surface area contributed by atoms with Gasteiger partial charge in [0.1, 0.15) is 0 Å². The molecule has 1 atom stereocenters. The van der Waals surface area contributed by atoms with Crippen LogP contribution in [0.2, 0.25) is 0 Å². The fourth-order valence-corrected chi connectivity index (χ4v) is 2.77. The van der Waals surface area contributed by atoms with Gasteiger partial charge in [-0.3, -0.25) is 0 Å². The number of hydrogen-bond acceptors (Lipinski definition) is 1. The molecule has 0 aliphatic rings. The summed E-state index contributed by atoms with van der Waals surface area (Å²) in [4.78, 5) is 0. The van der Waals surface area contributed by atoms with Crippen molar-refractivity contribution in [1.82, 2.24) is 5.32 Å². The van der Waals surface area contributed by atoms with Crippen LogP contribution in [0.1, 0.15) is 30.5 Å². The summed E-state index contributed by atoms with van der Waals surface area (Å²) in [6.45, 7) is 3.13. The zero-order valence-electron chi connectivity index (χ0n) is 12.4. The van der Waals surface area contributed by atoms with Gasteiger partial charge in [0.05, 0.1) is 0 Å². The summed E-state index contributed by atoms with van der Waals surface area (Å²) in [7, 11) is 0. The predicted octanol–water partition coefficient (Wildman–Crippen LogP) is 5.08. The molecule has 0 radical (unpaired) electrons. The summed E-state index contributed by atoms with van der Waals surface area (Å²) in [5.74, 6) is 0. The lowest BCUT2D eigenvalue weighted by Gasteiger charge is -2.17. The summed E-state index contributed by atoms with van der Waals surface area (Å²) in [5.41, 5.74) is 2.70. The zero-order chi connectivity index (χ0) is 14.5. The molecule has 0 saturated heterocycles. The Labute approximate surface area is 126 Å². The minimum absolute atomic E-state index is 0.415. The summed E-state index contributed by atoms with van der Waals surface area (Å²) in [6.07, 6.45) is 1.09. The lowest BCUT2D eigenvalue weighted by atomic mass is 10.0. The molecule has 3 aromatic carbocycles. The van der Waals surface area contributed by atoms with Crippen LogP contribution in [-0.2, 0) is 6.54 Å². The van der Waals surface area contributed by atoms with Gasteiger partial charge in [-0.05, 0) is 34.4 Å². The van der Waals surface area contributed by atoms with E-state index >= 15 is 0 Å². The molecule has 0 saturated carbocycles. The molecule has 0 heterocycles. The summed E-state index contributed by atoms with van der Waals surface area (Å²) < 4.78 is 0. The SMILES string of the molecule is CCC(NCc1ccc2ccccc2c1)c1ccccc1. The normalized spacial score (nSPS) is 12.4. The molecule has 0 amide bonds. The molecule has 0 aromatic heterocycles. The van der Waals surface area contributed by atoms with E-state index in [0.717, 1.165) is 13.0 Å². The third-order valence-corrected chi connectivity index (χ3v) is 3.98. The average molecular weight is 275 g/mol. The van der Waals surface area contributed by atoms with Crippen LogP contribution in [0.5, 0.6) is 0 Å². The van der Waals surface area contributed by atoms with Crippen molar-refractivity contribution in [3.05, 3.63) is 83.9 Å².